The molecule has 8 nitrogen and oxygen atoms in total. The number of ketones is 2. The van der Waals surface area contributed by atoms with Crippen LogP contribution in [0.3, 0.4) is 0 Å². The number of carbonyl (C=O) groups excluding carboxylic acids is 4. The predicted molar refractivity (Wildman–Crippen MR) is 127 cm³/mol. The predicted octanol–water partition coefficient (Wildman–Crippen LogP) is 3.72. The highest BCUT2D eigenvalue weighted by molar-refractivity contribution is 9.10. The average molecular weight is 525 g/mol. The second kappa shape index (κ2) is 8.09. The van der Waals surface area contributed by atoms with E-state index in [-0.39, 0.29) is 46.3 Å². The molecule has 0 radical (unpaired) electrons. The molecule has 1 saturated heterocycles. The van der Waals surface area contributed by atoms with Crippen molar-refractivity contribution in [2.24, 2.45) is 0 Å². The zero-order valence-electron chi connectivity index (χ0n) is 18.3. The molecule has 0 unspecified atom stereocenters. The Kier molecular flexibility index (Phi) is 5.31. The highest BCUT2D eigenvalue weighted by Crippen LogP contribution is 2.42. The van der Waals surface area contributed by atoms with Gasteiger partial charge < -0.3 is 20.1 Å². The van der Waals surface area contributed by atoms with E-state index in [2.05, 4.69) is 21.2 Å². The number of nitrogens with one attached hydrogen (secondary N) is 1. The first kappa shape index (κ1) is 22.3. The smallest absolute Gasteiger partial charge is 0.256 e. The molecule has 2 aromatic rings. The minimum atomic E-state index is -0.727. The van der Waals surface area contributed by atoms with Gasteiger partial charge in [-0.25, -0.2) is 0 Å². The Morgan fingerprint density at radius 3 is 2.59 bits per heavy atom. The van der Waals surface area contributed by atoms with Gasteiger partial charge in [0.15, 0.2) is 11.6 Å². The fraction of sp³-hybridized carbons (Fsp3) is 0.280. The Labute approximate surface area is 203 Å². The quantitative estimate of drug-likeness (QED) is 0.457. The van der Waals surface area contributed by atoms with Crippen LogP contribution >= 0.6 is 15.9 Å². The minimum Gasteiger partial charge on any atom is -0.507 e. The SMILES string of the molecule is CC(=O)N1CCC2(CC1)CC(=O)c1cc(C(=O)/C=C3\C(=O)Nc4ccc(Br)cc43)c(O)cc1O2. The monoisotopic (exact) mass is 524 g/mol. The summed E-state index contributed by atoms with van der Waals surface area (Å²) in [5.74, 6) is -1.33. The van der Waals surface area contributed by atoms with Crippen molar-refractivity contribution >= 4 is 50.6 Å². The number of Topliss-reactive ketones (excluding diaryl/α,β-unsaturated/α-hetero) is 1. The van der Waals surface area contributed by atoms with Crippen LogP contribution in [0, 0.1) is 0 Å². The summed E-state index contributed by atoms with van der Waals surface area (Å²) >= 11 is 3.36. The normalized spacial score (nSPS) is 19.5. The first-order valence-corrected chi connectivity index (χ1v) is 11.7. The maximum atomic E-state index is 13.0. The number of likely N-dealkylation sites (tertiary alicyclic amines) is 1. The molecule has 3 aliphatic rings. The van der Waals surface area contributed by atoms with Crippen LogP contribution in [0.5, 0.6) is 11.5 Å². The summed E-state index contributed by atoms with van der Waals surface area (Å²) in [5, 5.41) is 13.3. The van der Waals surface area contributed by atoms with Crippen molar-refractivity contribution < 1.29 is 29.0 Å². The molecule has 0 atom stereocenters. The van der Waals surface area contributed by atoms with Crippen LogP contribution in [-0.2, 0) is 9.59 Å². The number of anilines is 1. The van der Waals surface area contributed by atoms with E-state index in [1.165, 1.54) is 25.1 Å². The van der Waals surface area contributed by atoms with Crippen LogP contribution < -0.4 is 10.1 Å². The third kappa shape index (κ3) is 3.79. The van der Waals surface area contributed by atoms with Crippen molar-refractivity contribution in [1.82, 2.24) is 4.90 Å². The molecular weight excluding hydrogens is 504 g/mol. The van der Waals surface area contributed by atoms with Crippen molar-refractivity contribution in [3.8, 4) is 11.5 Å². The third-order valence-electron chi connectivity index (χ3n) is 6.63. The van der Waals surface area contributed by atoms with E-state index < -0.39 is 17.3 Å². The number of hydrogen-bond acceptors (Lipinski definition) is 6. The van der Waals surface area contributed by atoms with E-state index in [1.54, 1.807) is 23.1 Å². The second-order valence-electron chi connectivity index (χ2n) is 8.82. The van der Waals surface area contributed by atoms with Gasteiger partial charge >= 0.3 is 0 Å². The van der Waals surface area contributed by atoms with Gasteiger partial charge in [0, 0.05) is 54.6 Å². The lowest BCUT2D eigenvalue weighted by Crippen LogP contribution is -2.51. The number of carbonyl (C=O) groups is 4. The van der Waals surface area contributed by atoms with Crippen LogP contribution in [0.25, 0.3) is 5.57 Å². The molecule has 2 amide bonds. The molecule has 1 spiro atoms. The van der Waals surface area contributed by atoms with Crippen LogP contribution in [0.1, 0.15) is 52.5 Å². The molecule has 0 aromatic heterocycles. The Balaban J connectivity index is 1.44. The van der Waals surface area contributed by atoms with E-state index in [0.717, 1.165) is 4.47 Å². The molecule has 174 valence electrons. The van der Waals surface area contributed by atoms with Crippen LogP contribution in [0.4, 0.5) is 5.69 Å². The highest BCUT2D eigenvalue weighted by Gasteiger charge is 2.44. The van der Waals surface area contributed by atoms with Crippen LogP contribution in [0.15, 0.2) is 40.9 Å². The summed E-state index contributed by atoms with van der Waals surface area (Å²) < 4.78 is 6.92. The third-order valence-corrected chi connectivity index (χ3v) is 7.13. The number of fused-ring (bicyclic) bond motifs is 2. The zero-order chi connectivity index (χ0) is 24.2. The van der Waals surface area contributed by atoms with Gasteiger partial charge in [-0.2, -0.15) is 0 Å². The Morgan fingerprint density at radius 2 is 1.88 bits per heavy atom. The molecule has 2 aromatic carbocycles. The molecule has 1 fully saturated rings. The molecule has 34 heavy (non-hydrogen) atoms. The van der Waals surface area contributed by atoms with E-state index >= 15 is 0 Å². The summed E-state index contributed by atoms with van der Waals surface area (Å²) in [5.41, 5.74) is 0.752. The topological polar surface area (TPSA) is 113 Å². The molecule has 9 heteroatoms. The number of amides is 2. The molecule has 3 aliphatic heterocycles. The van der Waals surface area contributed by atoms with E-state index in [1.807, 2.05) is 0 Å². The molecular formula is C25H21BrN2O6. The lowest BCUT2D eigenvalue weighted by Gasteiger charge is -2.43. The Hall–Kier alpha value is -3.46. The van der Waals surface area contributed by atoms with Gasteiger partial charge in [0.1, 0.15) is 17.1 Å². The fourth-order valence-electron chi connectivity index (χ4n) is 4.75. The average Bonchev–Trinajstić information content (AvgIpc) is 3.08. The van der Waals surface area contributed by atoms with Crippen molar-refractivity contribution in [3.63, 3.8) is 0 Å². The lowest BCUT2D eigenvalue weighted by molar-refractivity contribution is -0.132. The summed E-state index contributed by atoms with van der Waals surface area (Å²) in [6.45, 7) is 2.50. The number of phenolic OH excluding ortho intramolecular Hbond substituents is 1. The van der Waals surface area contributed by atoms with E-state index in [0.29, 0.717) is 37.2 Å². The number of nitrogens with zero attached hydrogens (tertiary/aromatic N) is 1. The van der Waals surface area contributed by atoms with E-state index in [9.17, 15) is 24.3 Å². The Morgan fingerprint density at radius 1 is 1.15 bits per heavy atom. The first-order chi connectivity index (χ1) is 16.2. The second-order valence-corrected chi connectivity index (χ2v) is 9.74. The fourth-order valence-corrected chi connectivity index (χ4v) is 5.11. The van der Waals surface area contributed by atoms with Crippen molar-refractivity contribution in [2.45, 2.75) is 31.8 Å². The van der Waals surface area contributed by atoms with Gasteiger partial charge in [0.05, 0.1) is 23.1 Å². The number of piperidine rings is 1. The van der Waals surface area contributed by atoms with Gasteiger partial charge in [0.25, 0.3) is 5.91 Å². The number of benzene rings is 2. The van der Waals surface area contributed by atoms with Gasteiger partial charge in [-0.3, -0.25) is 19.2 Å². The number of halogens is 1. The number of aromatic hydroxyl groups is 1. The molecule has 0 saturated carbocycles. The molecule has 0 aliphatic carbocycles. The number of hydrogen-bond donors (Lipinski definition) is 2. The lowest BCUT2D eigenvalue weighted by atomic mass is 9.82. The van der Waals surface area contributed by atoms with Gasteiger partial charge in [0.2, 0.25) is 5.91 Å². The van der Waals surface area contributed by atoms with Gasteiger partial charge in [-0.1, -0.05) is 15.9 Å². The number of rotatable bonds is 2. The maximum Gasteiger partial charge on any atom is 0.256 e. The van der Waals surface area contributed by atoms with Gasteiger partial charge in [-0.05, 0) is 30.3 Å². The molecule has 2 N–H and O–H groups in total. The minimum absolute atomic E-state index is 0.0155. The number of allylic oxidation sites excluding steroid dienone is 1. The first-order valence-electron chi connectivity index (χ1n) is 10.9. The summed E-state index contributed by atoms with van der Waals surface area (Å²) in [4.78, 5) is 51.8. The molecule has 5 rings (SSSR count). The number of phenols is 1. The largest absolute Gasteiger partial charge is 0.507 e. The van der Waals surface area contributed by atoms with E-state index in [4.69, 9.17) is 4.74 Å². The summed E-state index contributed by atoms with van der Waals surface area (Å²) in [7, 11) is 0. The Bertz CT molecular complexity index is 1310. The van der Waals surface area contributed by atoms with Crippen LogP contribution in [0.2, 0.25) is 0 Å². The zero-order valence-corrected chi connectivity index (χ0v) is 19.9. The summed E-state index contributed by atoms with van der Waals surface area (Å²) in [6.07, 6.45) is 2.32. The highest BCUT2D eigenvalue weighted by atomic mass is 79.9. The van der Waals surface area contributed by atoms with Crippen molar-refractivity contribution in [1.29, 1.82) is 0 Å². The molecule has 3 heterocycles. The maximum absolute atomic E-state index is 13.0. The number of ether oxygens (including phenoxy) is 1. The standard InChI is InChI=1S/C25H21BrN2O6/c1-13(29)28-6-4-25(5-7-28)12-22(32)18-9-17(21(31)11-23(18)34-25)20(30)10-16-15-8-14(26)2-3-19(15)27-24(16)33/h2-3,8-11,31H,4-7,12H2,1H3,(H,27,33)/b16-10-. The van der Waals surface area contributed by atoms with Crippen molar-refractivity contribution in [3.05, 3.63) is 57.6 Å². The van der Waals surface area contributed by atoms with Gasteiger partial charge in [-0.15, -0.1) is 0 Å². The van der Waals surface area contributed by atoms with Crippen molar-refractivity contribution in [2.75, 3.05) is 18.4 Å². The molecule has 0 bridgehead atoms. The summed E-state index contributed by atoms with van der Waals surface area (Å²) in [6, 6.07) is 7.86. The van der Waals surface area contributed by atoms with Crippen LogP contribution in [-0.4, -0.2) is 52.1 Å².